The summed E-state index contributed by atoms with van der Waals surface area (Å²) < 4.78 is 14.4. The van der Waals surface area contributed by atoms with Crippen LogP contribution in [0.2, 0.25) is 0 Å². The molecular weight excluding hydrogens is 198 g/mol. The Labute approximate surface area is 86.7 Å². The van der Waals surface area contributed by atoms with Gasteiger partial charge in [0.25, 0.3) is 0 Å². The molecule has 3 nitrogen and oxygen atoms in total. The van der Waals surface area contributed by atoms with Crippen LogP contribution in [0.25, 0.3) is 0 Å². The molecule has 2 atom stereocenters. The van der Waals surface area contributed by atoms with Gasteiger partial charge in [-0.25, -0.2) is 8.93 Å². The Bertz CT molecular complexity index is 310. The highest BCUT2D eigenvalue weighted by Gasteiger charge is 2.06. The van der Waals surface area contributed by atoms with E-state index in [0.717, 1.165) is 10.5 Å². The third-order valence-corrected chi connectivity index (χ3v) is 3.13. The quantitative estimate of drug-likeness (QED) is 0.783. The van der Waals surface area contributed by atoms with Crippen molar-refractivity contribution < 1.29 is 9.32 Å². The van der Waals surface area contributed by atoms with Crippen LogP contribution in [0.3, 0.4) is 0 Å². The first-order chi connectivity index (χ1) is 6.63. The Morgan fingerprint density at radius 1 is 1.43 bits per heavy atom. The molecule has 0 spiro atoms. The molecule has 0 saturated heterocycles. The van der Waals surface area contributed by atoms with Crippen molar-refractivity contribution in [1.82, 2.24) is 4.72 Å². The van der Waals surface area contributed by atoms with Gasteiger partial charge in [-0.15, -0.1) is 0 Å². The van der Waals surface area contributed by atoms with Crippen LogP contribution in [-0.2, 0) is 11.0 Å². The fourth-order valence-corrected chi connectivity index (χ4v) is 1.91. The minimum Gasteiger partial charge on any atom is -0.395 e. The zero-order valence-electron chi connectivity index (χ0n) is 8.36. The largest absolute Gasteiger partial charge is 0.395 e. The summed E-state index contributed by atoms with van der Waals surface area (Å²) in [5.41, 5.74) is 1.14. The lowest BCUT2D eigenvalue weighted by molar-refractivity contribution is 0.266. The fourth-order valence-electron chi connectivity index (χ4n) is 0.950. The normalized spacial score (nSPS) is 15.1. The summed E-state index contributed by atoms with van der Waals surface area (Å²) in [4.78, 5) is 0.732. The second-order valence-electron chi connectivity index (χ2n) is 3.28. The Balaban J connectivity index is 2.65. The van der Waals surface area contributed by atoms with Gasteiger partial charge in [-0.3, -0.25) is 0 Å². The van der Waals surface area contributed by atoms with Crippen LogP contribution in [0.15, 0.2) is 29.2 Å². The van der Waals surface area contributed by atoms with Crippen LogP contribution in [0.4, 0.5) is 0 Å². The molecule has 0 fully saturated rings. The van der Waals surface area contributed by atoms with Crippen LogP contribution in [0.5, 0.6) is 0 Å². The van der Waals surface area contributed by atoms with Gasteiger partial charge < -0.3 is 5.11 Å². The number of rotatable bonds is 4. The number of hydrogen-bond donors (Lipinski definition) is 2. The number of benzene rings is 1. The van der Waals surface area contributed by atoms with E-state index >= 15 is 0 Å². The molecule has 2 N–H and O–H groups in total. The monoisotopic (exact) mass is 213 g/mol. The van der Waals surface area contributed by atoms with E-state index in [-0.39, 0.29) is 12.6 Å². The molecule has 0 radical (unpaired) electrons. The highest BCUT2D eigenvalue weighted by Crippen LogP contribution is 2.06. The molecule has 0 bridgehead atoms. The molecule has 0 aliphatic rings. The summed E-state index contributed by atoms with van der Waals surface area (Å²) in [6, 6.07) is 7.32. The molecule has 78 valence electrons. The minimum atomic E-state index is -1.23. The molecule has 1 aromatic carbocycles. The zero-order chi connectivity index (χ0) is 10.6. The van der Waals surface area contributed by atoms with Crippen molar-refractivity contribution in [1.29, 1.82) is 0 Å². The van der Waals surface area contributed by atoms with Crippen molar-refractivity contribution in [2.75, 3.05) is 6.61 Å². The van der Waals surface area contributed by atoms with Gasteiger partial charge in [0.1, 0.15) is 11.0 Å². The van der Waals surface area contributed by atoms with E-state index in [0.29, 0.717) is 0 Å². The predicted molar refractivity (Wildman–Crippen MR) is 57.3 cm³/mol. The van der Waals surface area contributed by atoms with Crippen LogP contribution >= 0.6 is 0 Å². The van der Waals surface area contributed by atoms with E-state index in [1.165, 1.54) is 0 Å². The number of nitrogens with one attached hydrogen (secondary N) is 1. The van der Waals surface area contributed by atoms with E-state index in [1.807, 2.05) is 31.2 Å². The summed E-state index contributed by atoms with van der Waals surface area (Å²) in [5.74, 6) is 0. The van der Waals surface area contributed by atoms with E-state index in [2.05, 4.69) is 4.72 Å². The summed E-state index contributed by atoms with van der Waals surface area (Å²) in [6.45, 7) is 3.75. The number of aliphatic hydroxyl groups is 1. The molecule has 1 rings (SSSR count). The highest BCUT2D eigenvalue weighted by atomic mass is 32.2. The van der Waals surface area contributed by atoms with E-state index in [9.17, 15) is 4.21 Å². The molecular formula is C10H15NO2S. The molecule has 0 aliphatic carbocycles. The van der Waals surface area contributed by atoms with Gasteiger partial charge >= 0.3 is 0 Å². The smallest absolute Gasteiger partial charge is 0.125 e. The summed E-state index contributed by atoms with van der Waals surface area (Å²) >= 11 is 0. The van der Waals surface area contributed by atoms with Crippen molar-refractivity contribution in [3.8, 4) is 0 Å². The second-order valence-corrected chi connectivity index (χ2v) is 4.53. The third-order valence-electron chi connectivity index (χ3n) is 1.82. The molecule has 1 unspecified atom stereocenters. The van der Waals surface area contributed by atoms with Crippen molar-refractivity contribution in [2.24, 2.45) is 0 Å². The van der Waals surface area contributed by atoms with E-state index in [1.54, 1.807) is 6.92 Å². The first kappa shape index (κ1) is 11.4. The average molecular weight is 213 g/mol. The van der Waals surface area contributed by atoms with Crippen molar-refractivity contribution >= 4 is 11.0 Å². The fraction of sp³-hybridized carbons (Fsp3) is 0.400. The summed E-state index contributed by atoms with van der Waals surface area (Å²) in [5, 5.41) is 8.78. The van der Waals surface area contributed by atoms with Gasteiger partial charge in [0.2, 0.25) is 0 Å². The Morgan fingerprint density at radius 2 is 2.00 bits per heavy atom. The van der Waals surface area contributed by atoms with Crippen LogP contribution < -0.4 is 4.72 Å². The van der Waals surface area contributed by atoms with Crippen LogP contribution in [0.1, 0.15) is 12.5 Å². The minimum absolute atomic E-state index is 0.0163. The maximum atomic E-state index is 11.6. The van der Waals surface area contributed by atoms with Gasteiger partial charge in [-0.2, -0.15) is 0 Å². The topological polar surface area (TPSA) is 49.3 Å². The van der Waals surface area contributed by atoms with E-state index in [4.69, 9.17) is 5.11 Å². The summed E-state index contributed by atoms with van der Waals surface area (Å²) in [6.07, 6.45) is 0. The third kappa shape index (κ3) is 3.21. The Hall–Kier alpha value is -0.710. The highest BCUT2D eigenvalue weighted by molar-refractivity contribution is 7.83. The number of aliphatic hydroxyl groups excluding tert-OH is 1. The molecule has 1 aromatic rings. The van der Waals surface area contributed by atoms with Crippen LogP contribution in [0, 0.1) is 6.92 Å². The van der Waals surface area contributed by atoms with Gasteiger partial charge in [-0.1, -0.05) is 17.7 Å². The molecule has 14 heavy (non-hydrogen) atoms. The average Bonchev–Trinajstić information content (AvgIpc) is 2.18. The predicted octanol–water partition coefficient (Wildman–Crippen LogP) is 0.988. The SMILES string of the molecule is Cc1ccc(S(=O)N[C@@H](C)CO)cc1. The molecule has 0 heterocycles. The second kappa shape index (κ2) is 5.24. The standard InChI is InChI=1S/C10H15NO2S/c1-8-3-5-10(6-4-8)14(13)11-9(2)7-12/h3-6,9,11-12H,7H2,1-2H3/t9-,14?/m0/s1. The molecule has 0 aromatic heterocycles. The lowest BCUT2D eigenvalue weighted by Gasteiger charge is -2.09. The van der Waals surface area contributed by atoms with Gasteiger partial charge in [0.05, 0.1) is 11.5 Å². The molecule has 0 aliphatic heterocycles. The zero-order valence-corrected chi connectivity index (χ0v) is 9.17. The first-order valence-corrected chi connectivity index (χ1v) is 5.64. The van der Waals surface area contributed by atoms with Gasteiger partial charge in [0, 0.05) is 6.04 Å². The van der Waals surface area contributed by atoms with Gasteiger partial charge in [0.15, 0.2) is 0 Å². The molecule has 0 saturated carbocycles. The molecule has 0 amide bonds. The number of aryl methyl sites for hydroxylation is 1. The van der Waals surface area contributed by atoms with Crippen molar-refractivity contribution in [3.63, 3.8) is 0 Å². The maximum Gasteiger partial charge on any atom is 0.125 e. The maximum absolute atomic E-state index is 11.6. The lowest BCUT2D eigenvalue weighted by atomic mass is 10.2. The Kier molecular flexibility index (Phi) is 4.25. The first-order valence-electron chi connectivity index (χ1n) is 4.49. The van der Waals surface area contributed by atoms with Crippen LogP contribution in [-0.4, -0.2) is 22.0 Å². The van der Waals surface area contributed by atoms with Crippen molar-refractivity contribution in [2.45, 2.75) is 24.8 Å². The van der Waals surface area contributed by atoms with Gasteiger partial charge in [-0.05, 0) is 26.0 Å². The molecule has 4 heteroatoms. The number of hydrogen-bond acceptors (Lipinski definition) is 2. The summed E-state index contributed by atoms with van der Waals surface area (Å²) in [7, 11) is -1.23. The lowest BCUT2D eigenvalue weighted by Crippen LogP contribution is -2.30. The van der Waals surface area contributed by atoms with Crippen molar-refractivity contribution in [3.05, 3.63) is 29.8 Å². The Morgan fingerprint density at radius 3 is 2.50 bits per heavy atom. The van der Waals surface area contributed by atoms with E-state index < -0.39 is 11.0 Å².